The fourth-order valence-corrected chi connectivity index (χ4v) is 0.679. The van der Waals surface area contributed by atoms with Gasteiger partial charge in [-0.25, -0.2) is 0 Å². The van der Waals surface area contributed by atoms with Crippen LogP contribution in [-0.2, 0) is 6.42 Å². The number of aromatic nitrogens is 1. The Labute approximate surface area is 54.3 Å². The Morgan fingerprint density at radius 3 is 2.44 bits per heavy atom. The van der Waals surface area contributed by atoms with Crippen LogP contribution in [0.3, 0.4) is 0 Å². The third-order valence-electron chi connectivity index (χ3n) is 1.28. The number of rotatable bonds is 1. The molecular weight excluding hydrogens is 114 g/mol. The molecular formula is C7H9NO. The zero-order valence-electron chi connectivity index (χ0n) is 5.37. The second-order valence-corrected chi connectivity index (χ2v) is 1.92. The average molecular weight is 123 g/mol. The molecule has 0 aliphatic carbocycles. The van der Waals surface area contributed by atoms with Crippen molar-refractivity contribution in [3.8, 4) is 0 Å². The largest absolute Gasteiger partial charge is 0.619 e. The molecule has 9 heavy (non-hydrogen) atoms. The van der Waals surface area contributed by atoms with E-state index in [1.807, 2.05) is 12.1 Å². The predicted octanol–water partition coefficient (Wildman–Crippen LogP) is 0.882. The quantitative estimate of drug-likeness (QED) is 0.402. The molecule has 48 valence electrons. The highest BCUT2D eigenvalue weighted by atomic mass is 16.5. The molecule has 0 aliphatic rings. The Kier molecular flexibility index (Phi) is 1.68. The summed E-state index contributed by atoms with van der Waals surface area (Å²) in [7, 11) is 0. The van der Waals surface area contributed by atoms with Crippen LogP contribution in [0.2, 0.25) is 0 Å². The molecule has 2 nitrogen and oxygen atoms in total. The van der Waals surface area contributed by atoms with E-state index in [9.17, 15) is 5.21 Å². The van der Waals surface area contributed by atoms with Crippen molar-refractivity contribution in [3.63, 3.8) is 0 Å². The fourth-order valence-electron chi connectivity index (χ4n) is 0.679. The van der Waals surface area contributed by atoms with Crippen LogP contribution < -0.4 is 4.73 Å². The lowest BCUT2D eigenvalue weighted by molar-refractivity contribution is -0.605. The van der Waals surface area contributed by atoms with Crippen molar-refractivity contribution in [2.75, 3.05) is 0 Å². The van der Waals surface area contributed by atoms with E-state index in [1.54, 1.807) is 0 Å². The van der Waals surface area contributed by atoms with Crippen molar-refractivity contribution >= 4 is 0 Å². The van der Waals surface area contributed by atoms with E-state index >= 15 is 0 Å². The summed E-state index contributed by atoms with van der Waals surface area (Å²) in [5.74, 6) is 0. The van der Waals surface area contributed by atoms with E-state index in [4.69, 9.17) is 0 Å². The Morgan fingerprint density at radius 1 is 1.44 bits per heavy atom. The second-order valence-electron chi connectivity index (χ2n) is 1.92. The summed E-state index contributed by atoms with van der Waals surface area (Å²) in [5.41, 5.74) is 1.20. The summed E-state index contributed by atoms with van der Waals surface area (Å²) in [4.78, 5) is 0. The zero-order chi connectivity index (χ0) is 6.69. The number of aryl methyl sites for hydroxylation is 1. The number of hydrogen-bond donors (Lipinski definition) is 0. The summed E-state index contributed by atoms with van der Waals surface area (Å²) in [6.45, 7) is 2.06. The van der Waals surface area contributed by atoms with Crippen LogP contribution in [0.5, 0.6) is 0 Å². The van der Waals surface area contributed by atoms with Crippen LogP contribution in [0.4, 0.5) is 0 Å². The summed E-state index contributed by atoms with van der Waals surface area (Å²) in [5, 5.41) is 10.5. The first kappa shape index (κ1) is 6.08. The van der Waals surface area contributed by atoms with Crippen molar-refractivity contribution in [1.82, 2.24) is 0 Å². The molecule has 0 spiro atoms. The van der Waals surface area contributed by atoms with Gasteiger partial charge in [-0.05, 0) is 12.0 Å². The van der Waals surface area contributed by atoms with Crippen LogP contribution in [0, 0.1) is 5.21 Å². The molecule has 1 aromatic rings. The third-order valence-corrected chi connectivity index (χ3v) is 1.28. The number of nitrogens with zero attached hydrogens (tertiary/aromatic N) is 1. The van der Waals surface area contributed by atoms with Gasteiger partial charge in [0.15, 0.2) is 12.4 Å². The van der Waals surface area contributed by atoms with Gasteiger partial charge in [-0.2, -0.15) is 4.73 Å². The lowest BCUT2D eigenvalue weighted by Gasteiger charge is -1.94. The van der Waals surface area contributed by atoms with E-state index in [1.165, 1.54) is 18.0 Å². The first-order valence-corrected chi connectivity index (χ1v) is 3.00. The Morgan fingerprint density at radius 2 is 2.00 bits per heavy atom. The number of hydrogen-bond acceptors (Lipinski definition) is 1. The van der Waals surface area contributed by atoms with Crippen LogP contribution in [0.15, 0.2) is 24.5 Å². The van der Waals surface area contributed by atoms with Gasteiger partial charge in [0, 0.05) is 12.1 Å². The van der Waals surface area contributed by atoms with Crippen molar-refractivity contribution in [2.24, 2.45) is 0 Å². The van der Waals surface area contributed by atoms with Crippen molar-refractivity contribution in [3.05, 3.63) is 35.3 Å². The standard InChI is InChI=1S/C7H9NO/c1-2-7-3-5-8(9)6-4-7/h3-6H,2H2,1H3. The van der Waals surface area contributed by atoms with Gasteiger partial charge in [-0.3, -0.25) is 0 Å². The van der Waals surface area contributed by atoms with E-state index in [0.717, 1.165) is 11.2 Å². The first-order chi connectivity index (χ1) is 4.33. The predicted molar refractivity (Wildman–Crippen MR) is 34.8 cm³/mol. The van der Waals surface area contributed by atoms with Crippen molar-refractivity contribution in [2.45, 2.75) is 13.3 Å². The molecule has 0 saturated heterocycles. The van der Waals surface area contributed by atoms with Gasteiger partial charge in [0.1, 0.15) is 0 Å². The van der Waals surface area contributed by atoms with Gasteiger partial charge >= 0.3 is 0 Å². The first-order valence-electron chi connectivity index (χ1n) is 3.00. The highest BCUT2D eigenvalue weighted by Crippen LogP contribution is 1.93. The highest BCUT2D eigenvalue weighted by Gasteiger charge is 1.88. The summed E-state index contributed by atoms with van der Waals surface area (Å²) in [6, 6.07) is 3.65. The zero-order valence-corrected chi connectivity index (χ0v) is 5.37. The van der Waals surface area contributed by atoms with Gasteiger partial charge in [-0.15, -0.1) is 0 Å². The summed E-state index contributed by atoms with van der Waals surface area (Å²) >= 11 is 0. The van der Waals surface area contributed by atoms with Gasteiger partial charge in [0.05, 0.1) is 0 Å². The van der Waals surface area contributed by atoms with E-state index in [-0.39, 0.29) is 0 Å². The van der Waals surface area contributed by atoms with Crippen molar-refractivity contribution in [1.29, 1.82) is 0 Å². The maximum absolute atomic E-state index is 10.5. The molecule has 0 atom stereocenters. The normalized spacial score (nSPS) is 9.44. The van der Waals surface area contributed by atoms with Crippen LogP contribution in [-0.4, -0.2) is 0 Å². The van der Waals surface area contributed by atoms with E-state index in [2.05, 4.69) is 6.92 Å². The third kappa shape index (κ3) is 1.42. The van der Waals surface area contributed by atoms with Crippen LogP contribution in [0.25, 0.3) is 0 Å². The van der Waals surface area contributed by atoms with E-state index in [0.29, 0.717) is 0 Å². The fraction of sp³-hybridized carbons (Fsp3) is 0.286. The molecule has 0 amide bonds. The molecule has 0 fully saturated rings. The van der Waals surface area contributed by atoms with Crippen LogP contribution in [0.1, 0.15) is 12.5 Å². The van der Waals surface area contributed by atoms with Crippen LogP contribution >= 0.6 is 0 Å². The smallest absolute Gasteiger partial charge is 0.180 e. The molecule has 0 unspecified atom stereocenters. The molecule has 0 saturated carbocycles. The Bertz CT molecular complexity index is 181. The molecule has 2 heteroatoms. The lowest BCUT2D eigenvalue weighted by Crippen LogP contribution is -2.23. The average Bonchev–Trinajstić information content (AvgIpc) is 1.90. The van der Waals surface area contributed by atoms with E-state index < -0.39 is 0 Å². The van der Waals surface area contributed by atoms with Gasteiger partial charge in [0.25, 0.3) is 0 Å². The molecule has 1 aromatic heterocycles. The monoisotopic (exact) mass is 123 g/mol. The molecule has 1 heterocycles. The molecule has 0 radical (unpaired) electrons. The molecule has 1 rings (SSSR count). The topological polar surface area (TPSA) is 26.9 Å². The number of pyridine rings is 1. The maximum atomic E-state index is 10.5. The minimum atomic E-state index is 0.791. The highest BCUT2D eigenvalue weighted by molar-refractivity contribution is 5.06. The summed E-state index contributed by atoms with van der Waals surface area (Å²) < 4.78 is 0.791. The van der Waals surface area contributed by atoms with Gasteiger partial charge < -0.3 is 5.21 Å². The van der Waals surface area contributed by atoms with Crippen molar-refractivity contribution < 1.29 is 4.73 Å². The van der Waals surface area contributed by atoms with Gasteiger partial charge in [-0.1, -0.05) is 6.92 Å². The molecule has 0 bridgehead atoms. The minimum absolute atomic E-state index is 0.791. The Balaban J connectivity index is 2.88. The lowest BCUT2D eigenvalue weighted by atomic mass is 10.2. The second kappa shape index (κ2) is 2.49. The molecule has 0 aliphatic heterocycles. The van der Waals surface area contributed by atoms with Gasteiger partial charge in [0.2, 0.25) is 0 Å². The Hall–Kier alpha value is -1.05. The summed E-state index contributed by atoms with van der Waals surface area (Å²) in [6.07, 6.45) is 4.01. The SMILES string of the molecule is CCc1cc[n+]([O-])cc1. The molecule has 0 N–H and O–H groups in total. The maximum Gasteiger partial charge on any atom is 0.180 e. The minimum Gasteiger partial charge on any atom is -0.619 e. The molecule has 0 aromatic carbocycles.